The van der Waals surface area contributed by atoms with Gasteiger partial charge in [-0.25, -0.2) is 0 Å². The molecule has 0 aromatic carbocycles. The summed E-state index contributed by atoms with van der Waals surface area (Å²) in [5, 5.41) is 5.78. The Bertz CT molecular complexity index is 173. The van der Waals surface area contributed by atoms with E-state index in [1.165, 1.54) is 0 Å². The van der Waals surface area contributed by atoms with Gasteiger partial charge in [0.2, 0.25) is 5.91 Å². The summed E-state index contributed by atoms with van der Waals surface area (Å²) in [5.74, 6) is -0.311. The maximum absolute atomic E-state index is 11.2. The van der Waals surface area contributed by atoms with Gasteiger partial charge < -0.3 is 21.2 Å². The molecule has 4 N–H and O–H groups in total. The van der Waals surface area contributed by atoms with Crippen LogP contribution in [0.3, 0.4) is 0 Å². The highest BCUT2D eigenvalue weighted by Gasteiger charge is 2.10. The molecule has 0 saturated heterocycles. The molecule has 0 rings (SSSR count). The van der Waals surface area contributed by atoms with Gasteiger partial charge in [0.05, 0.1) is 0 Å². The van der Waals surface area contributed by atoms with E-state index in [0.717, 1.165) is 12.8 Å². The van der Waals surface area contributed by atoms with E-state index in [9.17, 15) is 9.59 Å². The van der Waals surface area contributed by atoms with Crippen molar-refractivity contribution < 1.29 is 9.59 Å². The predicted molar refractivity (Wildman–Crippen MR) is 54.8 cm³/mol. The van der Waals surface area contributed by atoms with Crippen molar-refractivity contribution in [2.75, 3.05) is 26.2 Å². The van der Waals surface area contributed by atoms with Crippen molar-refractivity contribution in [3.05, 3.63) is 0 Å². The van der Waals surface area contributed by atoms with Crippen LogP contribution >= 0.6 is 0 Å². The van der Waals surface area contributed by atoms with Gasteiger partial charge in [-0.1, -0.05) is 6.92 Å². The van der Waals surface area contributed by atoms with Gasteiger partial charge in [0.15, 0.2) is 0 Å². The summed E-state index contributed by atoms with van der Waals surface area (Å²) in [5.41, 5.74) is 5.27. The van der Waals surface area contributed by atoms with Gasteiger partial charge in [-0.05, 0) is 0 Å². The van der Waals surface area contributed by atoms with Gasteiger partial charge in [-0.3, -0.25) is 4.79 Å². The molecular formula is C9H19N3O2. The summed E-state index contributed by atoms with van der Waals surface area (Å²) >= 11 is 0. The second-order valence-corrected chi connectivity index (χ2v) is 3.13. The molecule has 5 nitrogen and oxygen atoms in total. The normalized spacial score (nSPS) is 12.1. The number of amides is 1. The van der Waals surface area contributed by atoms with E-state index < -0.39 is 0 Å². The van der Waals surface area contributed by atoms with Crippen molar-refractivity contribution in [2.24, 2.45) is 11.7 Å². The van der Waals surface area contributed by atoms with Gasteiger partial charge >= 0.3 is 0 Å². The van der Waals surface area contributed by atoms with Crippen LogP contribution in [0.5, 0.6) is 0 Å². The maximum atomic E-state index is 11.2. The first-order valence-corrected chi connectivity index (χ1v) is 4.84. The molecule has 0 bridgehead atoms. The number of nitrogens with two attached hydrogens (primary N) is 1. The average molecular weight is 201 g/mol. The quantitative estimate of drug-likeness (QED) is 0.343. The van der Waals surface area contributed by atoms with Crippen molar-refractivity contribution in [2.45, 2.75) is 13.3 Å². The van der Waals surface area contributed by atoms with Crippen LogP contribution < -0.4 is 16.4 Å². The van der Waals surface area contributed by atoms with E-state index in [-0.39, 0.29) is 18.2 Å². The Morgan fingerprint density at radius 3 is 2.71 bits per heavy atom. The lowest BCUT2D eigenvalue weighted by molar-refractivity contribution is -0.126. The fourth-order valence-corrected chi connectivity index (χ4v) is 0.927. The average Bonchev–Trinajstić information content (AvgIpc) is 2.17. The lowest BCUT2D eigenvalue weighted by atomic mass is 10.1. The summed E-state index contributed by atoms with van der Waals surface area (Å²) in [6, 6.07) is 0. The molecule has 0 aliphatic rings. The van der Waals surface area contributed by atoms with E-state index in [1.807, 2.05) is 0 Å². The Morgan fingerprint density at radius 2 is 2.14 bits per heavy atom. The summed E-state index contributed by atoms with van der Waals surface area (Å²) in [6.45, 7) is 4.35. The summed E-state index contributed by atoms with van der Waals surface area (Å²) in [4.78, 5) is 21.4. The fraction of sp³-hybridized carbons (Fsp3) is 0.778. The first-order valence-electron chi connectivity index (χ1n) is 4.84. The van der Waals surface area contributed by atoms with Crippen LogP contribution in [0.15, 0.2) is 0 Å². The van der Waals surface area contributed by atoms with Crippen LogP contribution in [0.2, 0.25) is 0 Å². The molecule has 0 fully saturated rings. The molecule has 0 saturated carbocycles. The molecule has 0 aromatic rings. The Morgan fingerprint density at radius 1 is 1.43 bits per heavy atom. The number of carbonyl (C=O) groups is 2. The molecule has 0 heterocycles. The molecule has 1 amide bonds. The van der Waals surface area contributed by atoms with Gasteiger partial charge in [-0.2, -0.15) is 0 Å². The SMILES string of the molecule is CC(CC=O)C(=O)NCCNCCN. The monoisotopic (exact) mass is 201 g/mol. The predicted octanol–water partition coefficient (Wildman–Crippen LogP) is -1.12. The minimum Gasteiger partial charge on any atom is -0.355 e. The van der Waals surface area contributed by atoms with Crippen LogP contribution in [0.1, 0.15) is 13.3 Å². The van der Waals surface area contributed by atoms with Crippen molar-refractivity contribution in [3.8, 4) is 0 Å². The van der Waals surface area contributed by atoms with E-state index >= 15 is 0 Å². The number of aldehydes is 1. The molecule has 1 unspecified atom stereocenters. The largest absolute Gasteiger partial charge is 0.355 e. The molecule has 14 heavy (non-hydrogen) atoms. The maximum Gasteiger partial charge on any atom is 0.223 e. The number of hydrogen-bond donors (Lipinski definition) is 3. The number of rotatable bonds is 8. The molecule has 1 atom stereocenters. The number of carbonyl (C=O) groups excluding carboxylic acids is 2. The number of nitrogens with one attached hydrogen (secondary N) is 2. The third kappa shape index (κ3) is 6.56. The third-order valence-electron chi connectivity index (χ3n) is 1.82. The van der Waals surface area contributed by atoms with Crippen molar-refractivity contribution in [3.63, 3.8) is 0 Å². The van der Waals surface area contributed by atoms with Crippen molar-refractivity contribution >= 4 is 12.2 Å². The van der Waals surface area contributed by atoms with E-state index in [4.69, 9.17) is 5.73 Å². The first kappa shape index (κ1) is 13.1. The van der Waals surface area contributed by atoms with Gasteiger partial charge in [0.1, 0.15) is 6.29 Å². The van der Waals surface area contributed by atoms with Crippen LogP contribution in [-0.2, 0) is 9.59 Å². The van der Waals surface area contributed by atoms with Crippen LogP contribution in [0, 0.1) is 5.92 Å². The fourth-order valence-electron chi connectivity index (χ4n) is 0.927. The molecule has 0 radical (unpaired) electrons. The van der Waals surface area contributed by atoms with Gasteiger partial charge in [-0.15, -0.1) is 0 Å². The lowest BCUT2D eigenvalue weighted by Crippen LogP contribution is -2.36. The minimum absolute atomic E-state index is 0.0772. The zero-order chi connectivity index (χ0) is 10.8. The zero-order valence-electron chi connectivity index (χ0n) is 8.58. The van der Waals surface area contributed by atoms with Crippen LogP contribution in [-0.4, -0.2) is 38.4 Å². The summed E-state index contributed by atoms with van der Waals surface area (Å²) in [6.07, 6.45) is 1.04. The smallest absolute Gasteiger partial charge is 0.223 e. The van der Waals surface area contributed by atoms with E-state index in [2.05, 4.69) is 10.6 Å². The Balaban J connectivity index is 3.38. The first-order chi connectivity index (χ1) is 6.72. The molecule has 82 valence electrons. The van der Waals surface area contributed by atoms with Gasteiger partial charge in [0, 0.05) is 38.5 Å². The summed E-state index contributed by atoms with van der Waals surface area (Å²) in [7, 11) is 0. The zero-order valence-corrected chi connectivity index (χ0v) is 8.58. The number of hydrogen-bond acceptors (Lipinski definition) is 4. The Hall–Kier alpha value is -0.940. The van der Waals surface area contributed by atoms with Crippen LogP contribution in [0.25, 0.3) is 0 Å². The molecule has 0 aliphatic carbocycles. The van der Waals surface area contributed by atoms with Crippen LogP contribution in [0.4, 0.5) is 0 Å². The van der Waals surface area contributed by atoms with E-state index in [0.29, 0.717) is 19.6 Å². The summed E-state index contributed by atoms with van der Waals surface area (Å²) < 4.78 is 0. The van der Waals surface area contributed by atoms with Crippen molar-refractivity contribution in [1.82, 2.24) is 10.6 Å². The molecular weight excluding hydrogens is 182 g/mol. The second-order valence-electron chi connectivity index (χ2n) is 3.13. The Labute approximate surface area is 84.4 Å². The molecule has 5 heteroatoms. The standard InChI is InChI=1S/C9H19N3O2/c1-8(2-7-13)9(14)12-6-5-11-4-3-10/h7-8,11H,2-6,10H2,1H3,(H,12,14). The lowest BCUT2D eigenvalue weighted by Gasteiger charge is -2.09. The van der Waals surface area contributed by atoms with Crippen molar-refractivity contribution in [1.29, 1.82) is 0 Å². The molecule has 0 spiro atoms. The Kier molecular flexibility index (Phi) is 8.07. The third-order valence-corrected chi connectivity index (χ3v) is 1.82. The molecule has 0 aromatic heterocycles. The molecule has 0 aliphatic heterocycles. The second kappa shape index (κ2) is 8.65. The highest BCUT2D eigenvalue weighted by atomic mass is 16.2. The van der Waals surface area contributed by atoms with E-state index in [1.54, 1.807) is 6.92 Å². The topological polar surface area (TPSA) is 84.2 Å². The van der Waals surface area contributed by atoms with Gasteiger partial charge in [0.25, 0.3) is 0 Å². The highest BCUT2D eigenvalue weighted by molar-refractivity contribution is 5.80. The highest BCUT2D eigenvalue weighted by Crippen LogP contribution is 1.97. The minimum atomic E-state index is -0.234.